The van der Waals surface area contributed by atoms with E-state index in [-0.39, 0.29) is 0 Å². The van der Waals surface area contributed by atoms with Gasteiger partial charge in [-0.15, -0.1) is 0 Å². The number of rotatable bonds is 3. The topological polar surface area (TPSA) is 29.0 Å². The number of piperidine rings is 1. The fraction of sp³-hybridized carbons (Fsp3) is 0.750. The minimum Gasteiger partial charge on any atom is -0.303 e. The summed E-state index contributed by atoms with van der Waals surface area (Å²) in [5.74, 6) is 1.77. The molecule has 1 aromatic rings. The Bertz CT molecular complexity index is 424. The zero-order chi connectivity index (χ0) is 13.1. The Hall–Kier alpha value is -0.960. The lowest BCUT2D eigenvalue weighted by Crippen LogP contribution is -2.32. The third-order valence-electron chi connectivity index (χ3n) is 4.67. The molecule has 1 unspecified atom stereocenters. The molecular formula is C16H25N3. The molecule has 0 saturated carbocycles. The van der Waals surface area contributed by atoms with Crippen molar-refractivity contribution in [1.82, 2.24) is 14.9 Å². The smallest absolute Gasteiger partial charge is 0.125 e. The number of aryl methyl sites for hydroxylation is 2. The molecule has 0 radical (unpaired) electrons. The number of nitrogens with zero attached hydrogens (tertiary/aromatic N) is 3. The Morgan fingerprint density at radius 1 is 1.26 bits per heavy atom. The zero-order valence-electron chi connectivity index (χ0n) is 12.1. The highest BCUT2D eigenvalue weighted by Gasteiger charge is 2.21. The summed E-state index contributed by atoms with van der Waals surface area (Å²) in [7, 11) is 0. The first-order valence-electron chi connectivity index (χ1n) is 7.85. The number of aromatic nitrogens is 2. The van der Waals surface area contributed by atoms with Crippen molar-refractivity contribution in [3.05, 3.63) is 23.3 Å². The van der Waals surface area contributed by atoms with Crippen LogP contribution in [0, 0.1) is 12.8 Å². The van der Waals surface area contributed by atoms with Crippen molar-refractivity contribution in [1.29, 1.82) is 0 Å². The minimum absolute atomic E-state index is 0.848. The molecule has 1 fully saturated rings. The van der Waals surface area contributed by atoms with Crippen LogP contribution in [-0.4, -0.2) is 34.5 Å². The molecular weight excluding hydrogens is 234 g/mol. The molecule has 1 atom stereocenters. The fourth-order valence-corrected chi connectivity index (χ4v) is 3.48. The molecule has 1 saturated heterocycles. The van der Waals surface area contributed by atoms with E-state index in [0.717, 1.165) is 18.2 Å². The largest absolute Gasteiger partial charge is 0.303 e. The van der Waals surface area contributed by atoms with Gasteiger partial charge in [0.05, 0.1) is 0 Å². The third-order valence-corrected chi connectivity index (χ3v) is 4.67. The second-order valence-electron chi connectivity index (χ2n) is 6.19. The lowest BCUT2D eigenvalue weighted by molar-refractivity contribution is 0.208. The van der Waals surface area contributed by atoms with E-state index < -0.39 is 0 Å². The molecule has 2 heterocycles. The van der Waals surface area contributed by atoms with E-state index in [1.165, 1.54) is 69.4 Å². The van der Waals surface area contributed by atoms with Gasteiger partial charge in [0.15, 0.2) is 0 Å². The first kappa shape index (κ1) is 13.0. The molecule has 3 nitrogen and oxygen atoms in total. The Morgan fingerprint density at radius 3 is 2.95 bits per heavy atom. The summed E-state index contributed by atoms with van der Waals surface area (Å²) in [5, 5.41) is 0. The first-order chi connectivity index (χ1) is 9.31. The van der Waals surface area contributed by atoms with E-state index >= 15 is 0 Å². The quantitative estimate of drug-likeness (QED) is 0.836. The van der Waals surface area contributed by atoms with Gasteiger partial charge in [-0.05, 0) is 76.6 Å². The highest BCUT2D eigenvalue weighted by Crippen LogP contribution is 2.26. The monoisotopic (exact) mass is 259 g/mol. The number of hydrogen-bond donors (Lipinski definition) is 0. The van der Waals surface area contributed by atoms with E-state index in [9.17, 15) is 0 Å². The maximum Gasteiger partial charge on any atom is 0.125 e. The molecule has 1 aliphatic carbocycles. The minimum atomic E-state index is 0.848. The van der Waals surface area contributed by atoms with Crippen LogP contribution in [0.2, 0.25) is 0 Å². The van der Waals surface area contributed by atoms with Gasteiger partial charge in [-0.25, -0.2) is 9.97 Å². The molecule has 104 valence electrons. The lowest BCUT2D eigenvalue weighted by Gasteiger charge is -2.30. The van der Waals surface area contributed by atoms with E-state index in [1.807, 2.05) is 6.92 Å². The van der Waals surface area contributed by atoms with Crippen molar-refractivity contribution in [2.24, 2.45) is 5.92 Å². The summed E-state index contributed by atoms with van der Waals surface area (Å²) in [4.78, 5) is 11.6. The van der Waals surface area contributed by atoms with Gasteiger partial charge in [0.2, 0.25) is 0 Å². The molecule has 0 amide bonds. The van der Waals surface area contributed by atoms with Crippen LogP contribution in [0.5, 0.6) is 0 Å². The molecule has 0 N–H and O–H groups in total. The van der Waals surface area contributed by atoms with Gasteiger partial charge >= 0.3 is 0 Å². The molecule has 0 bridgehead atoms. The van der Waals surface area contributed by atoms with Crippen LogP contribution in [-0.2, 0) is 12.8 Å². The molecule has 3 heteroatoms. The predicted molar refractivity (Wildman–Crippen MR) is 77.2 cm³/mol. The van der Waals surface area contributed by atoms with Crippen molar-refractivity contribution < 1.29 is 0 Å². The van der Waals surface area contributed by atoms with Gasteiger partial charge in [-0.2, -0.15) is 0 Å². The summed E-state index contributed by atoms with van der Waals surface area (Å²) in [6.45, 7) is 5.94. The van der Waals surface area contributed by atoms with Gasteiger partial charge < -0.3 is 4.90 Å². The summed E-state index contributed by atoms with van der Waals surface area (Å²) in [6, 6.07) is 0. The summed E-state index contributed by atoms with van der Waals surface area (Å²) in [5.41, 5.74) is 2.71. The van der Waals surface area contributed by atoms with Gasteiger partial charge in [-0.3, -0.25) is 0 Å². The van der Waals surface area contributed by atoms with Crippen molar-refractivity contribution in [3.8, 4) is 0 Å². The van der Waals surface area contributed by atoms with Crippen molar-refractivity contribution >= 4 is 0 Å². The van der Waals surface area contributed by atoms with E-state index in [4.69, 9.17) is 0 Å². The average Bonchev–Trinajstić information content (AvgIpc) is 2.46. The van der Waals surface area contributed by atoms with Crippen LogP contribution >= 0.6 is 0 Å². The van der Waals surface area contributed by atoms with Crippen LogP contribution < -0.4 is 0 Å². The Labute approximate surface area is 116 Å². The van der Waals surface area contributed by atoms with E-state index in [0.29, 0.717) is 0 Å². The standard InChI is InChI=1S/C16H25N3/c1-13-17-12-15-11-14(5-6-16(15)18-13)7-10-19-8-3-2-4-9-19/h12,14H,2-11H2,1H3. The fourth-order valence-electron chi connectivity index (χ4n) is 3.48. The SMILES string of the molecule is Cc1ncc2c(n1)CCC(CCN1CCCCC1)C2. The summed E-state index contributed by atoms with van der Waals surface area (Å²) >= 11 is 0. The normalized spacial score (nSPS) is 24.2. The first-order valence-corrected chi connectivity index (χ1v) is 7.85. The lowest BCUT2D eigenvalue weighted by atomic mass is 9.85. The molecule has 1 aliphatic heterocycles. The van der Waals surface area contributed by atoms with Crippen LogP contribution in [0.3, 0.4) is 0 Å². The van der Waals surface area contributed by atoms with Gasteiger partial charge in [0.1, 0.15) is 5.82 Å². The highest BCUT2D eigenvalue weighted by molar-refractivity contribution is 5.21. The molecule has 1 aromatic heterocycles. The Morgan fingerprint density at radius 2 is 2.11 bits per heavy atom. The van der Waals surface area contributed by atoms with Gasteiger partial charge in [-0.1, -0.05) is 6.42 Å². The van der Waals surface area contributed by atoms with Crippen LogP contribution in [0.25, 0.3) is 0 Å². The van der Waals surface area contributed by atoms with Gasteiger partial charge in [0.25, 0.3) is 0 Å². The second kappa shape index (κ2) is 6.00. The average molecular weight is 259 g/mol. The van der Waals surface area contributed by atoms with Crippen LogP contribution in [0.4, 0.5) is 0 Å². The van der Waals surface area contributed by atoms with Crippen LogP contribution in [0.1, 0.15) is 49.2 Å². The zero-order valence-corrected chi connectivity index (χ0v) is 12.1. The van der Waals surface area contributed by atoms with Crippen molar-refractivity contribution in [2.45, 2.75) is 51.9 Å². The number of likely N-dealkylation sites (tertiary alicyclic amines) is 1. The molecule has 0 spiro atoms. The molecule has 0 aromatic carbocycles. The number of fused-ring (bicyclic) bond motifs is 1. The van der Waals surface area contributed by atoms with Crippen LogP contribution in [0.15, 0.2) is 6.20 Å². The Balaban J connectivity index is 1.52. The van der Waals surface area contributed by atoms with Crippen molar-refractivity contribution in [2.75, 3.05) is 19.6 Å². The van der Waals surface area contributed by atoms with Crippen molar-refractivity contribution in [3.63, 3.8) is 0 Å². The van der Waals surface area contributed by atoms with Gasteiger partial charge in [0, 0.05) is 11.9 Å². The Kier molecular flexibility index (Phi) is 4.12. The molecule has 3 rings (SSSR count). The molecule has 19 heavy (non-hydrogen) atoms. The number of hydrogen-bond acceptors (Lipinski definition) is 3. The second-order valence-corrected chi connectivity index (χ2v) is 6.19. The summed E-state index contributed by atoms with van der Waals surface area (Å²) in [6.07, 6.45) is 11.3. The van der Waals surface area contributed by atoms with E-state index in [2.05, 4.69) is 21.1 Å². The highest BCUT2D eigenvalue weighted by atomic mass is 15.1. The maximum absolute atomic E-state index is 4.58. The maximum atomic E-state index is 4.58. The predicted octanol–water partition coefficient (Wildman–Crippen LogP) is 2.77. The van der Waals surface area contributed by atoms with E-state index in [1.54, 1.807) is 0 Å². The third kappa shape index (κ3) is 3.33. The summed E-state index contributed by atoms with van der Waals surface area (Å²) < 4.78 is 0. The molecule has 2 aliphatic rings.